The predicted molar refractivity (Wildman–Crippen MR) is 112 cm³/mol. The Morgan fingerprint density at radius 3 is 2.60 bits per heavy atom. The monoisotopic (exact) mass is 582 g/mol. The fourth-order valence-electron chi connectivity index (χ4n) is 2.68. The molecule has 30 heavy (non-hydrogen) atoms. The number of hydrogen-bond acceptors (Lipinski definition) is 8. The van der Waals surface area contributed by atoms with Crippen LogP contribution in [-0.2, 0) is 27.9 Å². The highest BCUT2D eigenvalue weighted by Gasteiger charge is 2.49. The lowest BCUT2D eigenvalue weighted by Crippen LogP contribution is -2.29. The van der Waals surface area contributed by atoms with Crippen molar-refractivity contribution in [1.29, 1.82) is 0 Å². The van der Waals surface area contributed by atoms with Gasteiger partial charge in [0.1, 0.15) is 17.9 Å². The number of hydrogen-bond donors (Lipinski definition) is 1. The summed E-state index contributed by atoms with van der Waals surface area (Å²) in [6.45, 7) is 2.47. The van der Waals surface area contributed by atoms with Crippen LogP contribution in [0.5, 0.6) is 11.5 Å². The minimum absolute atomic E-state index is 0.0318. The maximum atomic E-state index is 13.0. The van der Waals surface area contributed by atoms with Gasteiger partial charge in [-0.15, -0.1) is 0 Å². The number of carbonyl (C=O) groups excluding carboxylic acids is 1. The first kappa shape index (κ1) is 25.1. The van der Waals surface area contributed by atoms with E-state index in [1.165, 1.54) is 21.9 Å². The van der Waals surface area contributed by atoms with Crippen LogP contribution in [0.15, 0.2) is 11.6 Å². The molecule has 1 N–H and O–H groups in total. The van der Waals surface area contributed by atoms with Crippen LogP contribution < -0.4 is 8.92 Å². The van der Waals surface area contributed by atoms with Crippen LogP contribution >= 0.6 is 30.1 Å². The average molecular weight is 582 g/mol. The minimum Gasteiger partial charge on any atom is -0.491 e. The van der Waals surface area contributed by atoms with E-state index in [0.29, 0.717) is 11.3 Å². The van der Waals surface area contributed by atoms with Gasteiger partial charge in [0.2, 0.25) is 0 Å². The third-order valence-electron chi connectivity index (χ3n) is 4.21. The number of fused-ring (bicyclic) bond motifs is 1. The molecule has 168 valence electrons. The van der Waals surface area contributed by atoms with Gasteiger partial charge in [-0.3, -0.25) is 0 Å². The van der Waals surface area contributed by atoms with Gasteiger partial charge in [-0.2, -0.15) is 21.6 Å². The second-order valence-corrected chi connectivity index (χ2v) is 10.3. The zero-order chi connectivity index (χ0) is 22.7. The van der Waals surface area contributed by atoms with Gasteiger partial charge in [-0.1, -0.05) is 20.6 Å². The van der Waals surface area contributed by atoms with Gasteiger partial charge in [-0.05, 0) is 41.5 Å². The normalized spacial score (nSPS) is 14.5. The van der Waals surface area contributed by atoms with E-state index < -0.39 is 27.3 Å². The van der Waals surface area contributed by atoms with Crippen molar-refractivity contribution in [2.24, 2.45) is 0 Å². The fourth-order valence-corrected chi connectivity index (χ4v) is 3.90. The van der Waals surface area contributed by atoms with E-state index in [0.717, 1.165) is 0 Å². The van der Waals surface area contributed by atoms with E-state index in [1.807, 2.05) is 21.2 Å². The Labute approximate surface area is 187 Å². The van der Waals surface area contributed by atoms with Crippen LogP contribution in [0, 0.1) is 6.92 Å². The molecule has 0 saturated heterocycles. The number of carbonyl (C=O) groups is 1. The number of halogens is 4. The second-order valence-electron chi connectivity index (χ2n) is 6.25. The Bertz CT molecular complexity index is 959. The number of aliphatic hydroxyl groups excluding tert-OH is 1. The highest BCUT2D eigenvalue weighted by atomic mass is 127. The zero-order valence-corrected chi connectivity index (χ0v) is 19.6. The second kappa shape index (κ2) is 9.96. The van der Waals surface area contributed by atoms with Gasteiger partial charge in [0.25, 0.3) is 0 Å². The van der Waals surface area contributed by atoms with Crippen LogP contribution in [0.2, 0.25) is 0 Å². The molecule has 0 atom stereocenters. The van der Waals surface area contributed by atoms with Crippen LogP contribution in [0.4, 0.5) is 13.2 Å². The number of ether oxygens (including phenoxy) is 2. The quantitative estimate of drug-likeness (QED) is 0.117. The maximum absolute atomic E-state index is 13.0. The SMILES string of the molecule is C/C(=C\Cc1c(OS(=O)(=O)C(F)(F)F)c(C)c2c(c1OCCSI)C(=O)OC2)CO. The van der Waals surface area contributed by atoms with Gasteiger partial charge in [0.15, 0.2) is 5.75 Å². The van der Waals surface area contributed by atoms with E-state index in [1.54, 1.807) is 6.92 Å². The molecule has 0 aliphatic carbocycles. The summed E-state index contributed by atoms with van der Waals surface area (Å²) < 4.78 is 77.5. The Hall–Kier alpha value is -1.19. The lowest BCUT2D eigenvalue weighted by molar-refractivity contribution is -0.0500. The molecule has 0 radical (unpaired) electrons. The molecule has 0 fully saturated rings. The molecule has 0 spiro atoms. The third kappa shape index (κ3) is 5.34. The summed E-state index contributed by atoms with van der Waals surface area (Å²) in [4.78, 5) is 12.3. The van der Waals surface area contributed by atoms with Crippen molar-refractivity contribution >= 4 is 46.2 Å². The molecule has 7 nitrogen and oxygen atoms in total. The maximum Gasteiger partial charge on any atom is 0.534 e. The lowest BCUT2D eigenvalue weighted by atomic mass is 9.95. The molecule has 0 unspecified atom stereocenters. The first-order valence-electron chi connectivity index (χ1n) is 8.43. The van der Waals surface area contributed by atoms with E-state index in [2.05, 4.69) is 4.18 Å². The van der Waals surface area contributed by atoms with E-state index in [4.69, 9.17) is 9.47 Å². The molecule has 13 heteroatoms. The lowest BCUT2D eigenvalue weighted by Gasteiger charge is -2.20. The summed E-state index contributed by atoms with van der Waals surface area (Å²) >= 11 is 2.03. The molecule has 1 aliphatic heterocycles. The molecule has 0 saturated carbocycles. The van der Waals surface area contributed by atoms with Crippen LogP contribution in [0.1, 0.15) is 34.0 Å². The van der Waals surface area contributed by atoms with Crippen molar-refractivity contribution in [3.05, 3.63) is 33.9 Å². The van der Waals surface area contributed by atoms with Crippen molar-refractivity contribution < 1.29 is 45.1 Å². The molecule has 0 bridgehead atoms. The average Bonchev–Trinajstić information content (AvgIpc) is 3.05. The summed E-state index contributed by atoms with van der Waals surface area (Å²) in [6.07, 6.45) is 1.34. The molecular weight excluding hydrogens is 564 g/mol. The van der Waals surface area contributed by atoms with Crippen LogP contribution in [-0.4, -0.2) is 44.0 Å². The van der Waals surface area contributed by atoms with Gasteiger partial charge >= 0.3 is 21.6 Å². The number of cyclic esters (lactones) is 1. The number of benzene rings is 1. The summed E-state index contributed by atoms with van der Waals surface area (Å²) in [7, 11) is -4.56. The number of rotatable bonds is 9. The largest absolute Gasteiger partial charge is 0.534 e. The summed E-state index contributed by atoms with van der Waals surface area (Å²) in [5, 5.41) is 9.22. The molecular formula is C17H18F3IO7S2. The molecule has 0 aromatic heterocycles. The van der Waals surface area contributed by atoms with Crippen molar-refractivity contribution in [2.45, 2.75) is 32.4 Å². The van der Waals surface area contributed by atoms with Crippen LogP contribution in [0.3, 0.4) is 0 Å². The van der Waals surface area contributed by atoms with E-state index in [9.17, 15) is 31.5 Å². The van der Waals surface area contributed by atoms with Crippen LogP contribution in [0.25, 0.3) is 0 Å². The van der Waals surface area contributed by atoms with Gasteiger partial charge in [0.05, 0.1) is 13.2 Å². The molecule has 1 heterocycles. The Morgan fingerprint density at radius 1 is 1.37 bits per heavy atom. The van der Waals surface area contributed by atoms with Gasteiger partial charge in [-0.25, -0.2) is 4.79 Å². The first-order valence-corrected chi connectivity index (χ1v) is 13.4. The summed E-state index contributed by atoms with van der Waals surface area (Å²) in [5.41, 5.74) is -4.94. The molecule has 0 amide bonds. The fraction of sp³-hybridized carbons (Fsp3) is 0.471. The van der Waals surface area contributed by atoms with Crippen molar-refractivity contribution in [2.75, 3.05) is 19.0 Å². The van der Waals surface area contributed by atoms with E-state index >= 15 is 0 Å². The Morgan fingerprint density at radius 2 is 2.03 bits per heavy atom. The van der Waals surface area contributed by atoms with Gasteiger partial charge in [0, 0.05) is 22.4 Å². The standard InChI is InChI=1S/C17H18F3IO7S2/c1-9(7-22)3-4-11-14(28-30(24,25)17(18,19)20)10(2)12-8-27-16(23)13(12)15(11)26-5-6-29-21/h3,22H,4-8H2,1-2H3/b9-3+. The topological polar surface area (TPSA) is 99.1 Å². The molecule has 1 aromatic rings. The third-order valence-corrected chi connectivity index (χ3v) is 6.80. The summed E-state index contributed by atoms with van der Waals surface area (Å²) in [6, 6.07) is 0. The molecule has 1 aromatic carbocycles. The number of esters is 1. The number of aliphatic hydroxyl groups is 1. The van der Waals surface area contributed by atoms with E-state index in [-0.39, 0.29) is 54.2 Å². The van der Waals surface area contributed by atoms with Crippen molar-refractivity contribution in [3.63, 3.8) is 0 Å². The van der Waals surface area contributed by atoms with Gasteiger partial charge < -0.3 is 18.8 Å². The molecule has 1 aliphatic rings. The molecule has 2 rings (SSSR count). The zero-order valence-electron chi connectivity index (χ0n) is 15.8. The van der Waals surface area contributed by atoms with Crippen molar-refractivity contribution in [3.8, 4) is 11.5 Å². The highest BCUT2D eigenvalue weighted by Crippen LogP contribution is 2.44. The number of allylic oxidation sites excluding steroid dienone is 1. The summed E-state index contributed by atoms with van der Waals surface area (Å²) in [5.74, 6) is -0.874. The predicted octanol–water partition coefficient (Wildman–Crippen LogP) is 3.84. The first-order chi connectivity index (χ1) is 13.9. The van der Waals surface area contributed by atoms with Crippen molar-refractivity contribution in [1.82, 2.24) is 0 Å². The Kier molecular flexibility index (Phi) is 8.32. The minimum atomic E-state index is -5.97. The highest BCUT2D eigenvalue weighted by molar-refractivity contribution is 14.2. The Balaban J connectivity index is 2.75. The smallest absolute Gasteiger partial charge is 0.491 e. The number of alkyl halides is 3.